The average molecular weight is 437 g/mol. The molecule has 10 heteroatoms. The van der Waals surface area contributed by atoms with Gasteiger partial charge in [-0.1, -0.05) is 17.3 Å². The lowest BCUT2D eigenvalue weighted by Gasteiger charge is -2.31. The number of rotatable bonds is 4. The highest BCUT2D eigenvalue weighted by atomic mass is 19.4. The molecule has 0 spiro atoms. The van der Waals surface area contributed by atoms with E-state index in [0.29, 0.717) is 43.3 Å². The summed E-state index contributed by atoms with van der Waals surface area (Å²) in [5, 5.41) is 6.39. The molecule has 0 bridgehead atoms. The Balaban J connectivity index is 1.53. The summed E-state index contributed by atoms with van der Waals surface area (Å²) >= 11 is 0. The summed E-state index contributed by atoms with van der Waals surface area (Å²) in [6, 6.07) is 8.93. The van der Waals surface area contributed by atoms with E-state index in [4.69, 9.17) is 9.57 Å². The Morgan fingerprint density at radius 2 is 1.90 bits per heavy atom. The van der Waals surface area contributed by atoms with Gasteiger partial charge in [-0.2, -0.15) is 13.2 Å². The van der Waals surface area contributed by atoms with Crippen LogP contribution < -0.4 is 10.2 Å². The molecule has 0 saturated carbocycles. The number of hydrogen-bond donors (Lipinski definition) is 1. The van der Waals surface area contributed by atoms with Crippen LogP contribution in [0, 0.1) is 5.82 Å². The van der Waals surface area contributed by atoms with Crippen LogP contribution in [0.1, 0.15) is 17.5 Å². The molecule has 4 rings (SSSR count). The Labute approximate surface area is 175 Å². The average Bonchev–Trinajstić information content (AvgIpc) is 3.24. The highest BCUT2D eigenvalue weighted by Crippen LogP contribution is 2.36. The number of benzene rings is 2. The molecule has 0 radical (unpaired) electrons. The van der Waals surface area contributed by atoms with E-state index in [1.165, 1.54) is 24.3 Å². The molecule has 6 nitrogen and oxygen atoms in total. The molecule has 1 saturated heterocycles. The molecule has 1 unspecified atom stereocenters. The van der Waals surface area contributed by atoms with Crippen molar-refractivity contribution >= 4 is 23.0 Å². The fraction of sp³-hybridized carbons (Fsp3) is 0.333. The maximum absolute atomic E-state index is 13.4. The van der Waals surface area contributed by atoms with Gasteiger partial charge in [-0.25, -0.2) is 4.39 Å². The van der Waals surface area contributed by atoms with Crippen LogP contribution in [0.4, 0.5) is 28.9 Å². The van der Waals surface area contributed by atoms with E-state index < -0.39 is 29.6 Å². The maximum Gasteiger partial charge on any atom is 0.416 e. The van der Waals surface area contributed by atoms with Crippen molar-refractivity contribution in [2.45, 2.75) is 18.7 Å². The molecule has 1 amide bonds. The second kappa shape index (κ2) is 8.54. The fourth-order valence-corrected chi connectivity index (χ4v) is 3.46. The van der Waals surface area contributed by atoms with Crippen molar-refractivity contribution in [3.05, 3.63) is 59.4 Å². The monoisotopic (exact) mass is 437 g/mol. The molecular weight excluding hydrogens is 418 g/mol. The van der Waals surface area contributed by atoms with E-state index in [1.54, 1.807) is 6.07 Å². The van der Waals surface area contributed by atoms with Gasteiger partial charge in [0.15, 0.2) is 0 Å². The minimum atomic E-state index is -4.56. The van der Waals surface area contributed by atoms with Crippen molar-refractivity contribution in [1.82, 2.24) is 0 Å². The standard InChI is InChI=1S/C21H19F4N3O3/c22-15-3-1-2-13(10-15)16-12-19(31-27-16)20(29)26-17-11-14(21(23,24)25)4-5-18(17)28-6-8-30-9-7-28/h1-5,10-11,19H,6-9,12H2,(H,26,29). The second-order valence-corrected chi connectivity index (χ2v) is 7.16. The van der Waals surface area contributed by atoms with Crippen LogP contribution >= 0.6 is 0 Å². The van der Waals surface area contributed by atoms with E-state index in [0.717, 1.165) is 12.1 Å². The van der Waals surface area contributed by atoms with Crippen molar-refractivity contribution in [3.8, 4) is 0 Å². The van der Waals surface area contributed by atoms with Crippen molar-refractivity contribution in [2.75, 3.05) is 36.5 Å². The van der Waals surface area contributed by atoms with Gasteiger partial charge >= 0.3 is 6.18 Å². The summed E-state index contributed by atoms with van der Waals surface area (Å²) in [4.78, 5) is 19.8. The number of nitrogens with one attached hydrogen (secondary N) is 1. The van der Waals surface area contributed by atoms with Gasteiger partial charge in [0.25, 0.3) is 5.91 Å². The van der Waals surface area contributed by atoms with Gasteiger partial charge in [0.2, 0.25) is 6.10 Å². The first-order valence-corrected chi connectivity index (χ1v) is 9.65. The zero-order valence-corrected chi connectivity index (χ0v) is 16.3. The van der Waals surface area contributed by atoms with Gasteiger partial charge in [0, 0.05) is 25.1 Å². The number of amides is 1. The normalized spacial score (nSPS) is 19.0. The van der Waals surface area contributed by atoms with Crippen molar-refractivity contribution < 1.29 is 31.9 Å². The van der Waals surface area contributed by atoms with Crippen molar-refractivity contribution in [1.29, 1.82) is 0 Å². The van der Waals surface area contributed by atoms with Crippen molar-refractivity contribution in [2.24, 2.45) is 5.16 Å². The lowest BCUT2D eigenvalue weighted by molar-refractivity contribution is -0.137. The molecular formula is C21H19F4N3O3. The zero-order valence-electron chi connectivity index (χ0n) is 16.3. The largest absolute Gasteiger partial charge is 0.416 e. The zero-order chi connectivity index (χ0) is 22.0. The number of morpholine rings is 1. The van der Waals surface area contributed by atoms with Crippen LogP contribution in [0.25, 0.3) is 0 Å². The molecule has 164 valence electrons. The summed E-state index contributed by atoms with van der Waals surface area (Å²) < 4.78 is 58.4. The number of oxime groups is 1. The Morgan fingerprint density at radius 3 is 2.61 bits per heavy atom. The van der Waals surface area contributed by atoms with Crippen LogP contribution in [0.2, 0.25) is 0 Å². The molecule has 1 N–H and O–H groups in total. The summed E-state index contributed by atoms with van der Waals surface area (Å²) in [6.07, 6.45) is -5.52. The highest BCUT2D eigenvalue weighted by Gasteiger charge is 2.33. The quantitative estimate of drug-likeness (QED) is 0.739. The minimum Gasteiger partial charge on any atom is -0.382 e. The molecule has 2 aliphatic heterocycles. The lowest BCUT2D eigenvalue weighted by Crippen LogP contribution is -2.37. The SMILES string of the molecule is O=C(Nc1cc(C(F)(F)F)ccc1N1CCOCC1)C1CC(c2cccc(F)c2)=NO1. The molecule has 2 aromatic carbocycles. The maximum atomic E-state index is 13.4. The predicted molar refractivity (Wildman–Crippen MR) is 106 cm³/mol. The Kier molecular flexibility index (Phi) is 5.81. The summed E-state index contributed by atoms with van der Waals surface area (Å²) in [5.74, 6) is -1.09. The number of anilines is 2. The lowest BCUT2D eigenvalue weighted by atomic mass is 10.0. The third-order valence-corrected chi connectivity index (χ3v) is 5.05. The van der Waals surface area contributed by atoms with Gasteiger partial charge in [-0.15, -0.1) is 0 Å². The van der Waals surface area contributed by atoms with Crippen LogP contribution in [-0.4, -0.2) is 44.0 Å². The topological polar surface area (TPSA) is 63.2 Å². The number of nitrogens with zero attached hydrogens (tertiary/aromatic N) is 2. The molecule has 0 aliphatic carbocycles. The van der Waals surface area contributed by atoms with Crippen LogP contribution in [0.15, 0.2) is 47.6 Å². The number of alkyl halides is 3. The molecule has 1 fully saturated rings. The van der Waals surface area contributed by atoms with Gasteiger partial charge in [0.1, 0.15) is 5.82 Å². The molecule has 0 aromatic heterocycles. The van der Waals surface area contributed by atoms with Crippen LogP contribution in [-0.2, 0) is 20.5 Å². The number of carbonyl (C=O) groups is 1. The summed E-state index contributed by atoms with van der Waals surface area (Å²) in [5.41, 5.74) is 0.489. The highest BCUT2D eigenvalue weighted by molar-refractivity contribution is 6.06. The van der Waals surface area contributed by atoms with Gasteiger partial charge in [-0.05, 0) is 30.3 Å². The summed E-state index contributed by atoms with van der Waals surface area (Å²) in [6.45, 7) is 1.85. The van der Waals surface area contributed by atoms with E-state index in [9.17, 15) is 22.4 Å². The summed E-state index contributed by atoms with van der Waals surface area (Å²) in [7, 11) is 0. The third-order valence-electron chi connectivity index (χ3n) is 5.05. The minimum absolute atomic E-state index is 0.0320. The fourth-order valence-electron chi connectivity index (χ4n) is 3.46. The predicted octanol–water partition coefficient (Wildman–Crippen LogP) is 3.81. The van der Waals surface area contributed by atoms with Crippen LogP contribution in [0.3, 0.4) is 0 Å². The Bertz CT molecular complexity index is 1000. The van der Waals surface area contributed by atoms with E-state index in [1.807, 2.05) is 4.90 Å². The number of ether oxygens (including phenoxy) is 1. The Morgan fingerprint density at radius 1 is 1.13 bits per heavy atom. The molecule has 2 heterocycles. The molecule has 2 aromatic rings. The molecule has 31 heavy (non-hydrogen) atoms. The molecule has 1 atom stereocenters. The van der Waals surface area contributed by atoms with Crippen LogP contribution in [0.5, 0.6) is 0 Å². The van der Waals surface area contributed by atoms with E-state index in [2.05, 4.69) is 10.5 Å². The van der Waals surface area contributed by atoms with E-state index >= 15 is 0 Å². The first-order valence-electron chi connectivity index (χ1n) is 9.65. The first-order chi connectivity index (χ1) is 14.8. The van der Waals surface area contributed by atoms with Gasteiger partial charge in [-0.3, -0.25) is 4.79 Å². The molecule has 2 aliphatic rings. The number of carbonyl (C=O) groups excluding carboxylic acids is 1. The van der Waals surface area contributed by atoms with Crippen molar-refractivity contribution in [3.63, 3.8) is 0 Å². The number of halogens is 4. The Hall–Kier alpha value is -3.14. The van der Waals surface area contributed by atoms with Gasteiger partial charge < -0.3 is 19.8 Å². The first kappa shape index (κ1) is 21.1. The number of hydrogen-bond acceptors (Lipinski definition) is 5. The smallest absolute Gasteiger partial charge is 0.382 e. The second-order valence-electron chi connectivity index (χ2n) is 7.16. The van der Waals surface area contributed by atoms with Gasteiger partial charge in [0.05, 0.1) is 35.9 Å². The van der Waals surface area contributed by atoms with E-state index in [-0.39, 0.29) is 12.1 Å². The third kappa shape index (κ3) is 4.79.